The molecule has 0 radical (unpaired) electrons. The first-order chi connectivity index (χ1) is 15.2. The third-order valence-corrected chi connectivity index (χ3v) is 5.51. The lowest BCUT2D eigenvalue weighted by Gasteiger charge is -2.24. The number of carbonyl (C=O) groups is 1. The van der Waals surface area contributed by atoms with Crippen LogP contribution in [0.15, 0.2) is 60.8 Å². The Morgan fingerprint density at radius 3 is 2.58 bits per heavy atom. The molecule has 1 N–H and O–H groups in total. The summed E-state index contributed by atoms with van der Waals surface area (Å²) in [5.41, 5.74) is 3.60. The van der Waals surface area contributed by atoms with Crippen molar-refractivity contribution in [2.24, 2.45) is 0 Å². The highest BCUT2D eigenvalue weighted by Gasteiger charge is 2.25. The highest BCUT2D eigenvalue weighted by molar-refractivity contribution is 5.76. The molecular weight excluding hydrogens is 390 g/mol. The number of hydrogen-bond donors (Lipinski definition) is 1. The maximum Gasteiger partial charge on any atom is 0.223 e. The maximum atomic E-state index is 12.5. The third-order valence-electron chi connectivity index (χ3n) is 5.51. The van der Waals surface area contributed by atoms with Gasteiger partial charge in [-0.05, 0) is 56.0 Å². The summed E-state index contributed by atoms with van der Waals surface area (Å²) in [4.78, 5) is 12.5. The van der Waals surface area contributed by atoms with Gasteiger partial charge >= 0.3 is 0 Å². The number of carbonyl (C=O) groups excluding carboxylic acids is 1. The molecule has 4 rings (SSSR count). The Morgan fingerprint density at radius 2 is 1.84 bits per heavy atom. The van der Waals surface area contributed by atoms with Crippen molar-refractivity contribution in [3.05, 3.63) is 77.6 Å². The van der Waals surface area contributed by atoms with Crippen LogP contribution in [0.1, 0.15) is 49.0 Å². The SMILES string of the molecule is CCOc1ccc(OCCC(=O)N[C@H]2CCCc3c2cnn3Cc2ccccc2)cc1. The Kier molecular flexibility index (Phi) is 6.87. The Morgan fingerprint density at radius 1 is 1.10 bits per heavy atom. The zero-order valence-corrected chi connectivity index (χ0v) is 17.9. The van der Waals surface area contributed by atoms with Crippen LogP contribution in [0.4, 0.5) is 0 Å². The van der Waals surface area contributed by atoms with E-state index in [2.05, 4.69) is 27.2 Å². The summed E-state index contributed by atoms with van der Waals surface area (Å²) in [6.07, 6.45) is 5.21. The standard InChI is InChI=1S/C25H29N3O3/c1-2-30-20-11-13-21(14-12-20)31-16-15-25(29)27-23-9-6-10-24-22(23)17-26-28(24)18-19-7-4-3-5-8-19/h3-5,7-8,11-14,17,23H,2,6,9-10,15-16,18H2,1H3,(H,27,29)/t23-/m0/s1. The molecule has 1 heterocycles. The normalized spacial score (nSPS) is 15.2. The Bertz CT molecular complexity index is 983. The van der Waals surface area contributed by atoms with Gasteiger partial charge in [0.1, 0.15) is 11.5 Å². The highest BCUT2D eigenvalue weighted by Crippen LogP contribution is 2.30. The molecule has 0 saturated carbocycles. The monoisotopic (exact) mass is 419 g/mol. The summed E-state index contributed by atoms with van der Waals surface area (Å²) < 4.78 is 13.2. The van der Waals surface area contributed by atoms with Crippen molar-refractivity contribution in [1.82, 2.24) is 15.1 Å². The maximum absolute atomic E-state index is 12.5. The number of nitrogens with one attached hydrogen (secondary N) is 1. The number of benzene rings is 2. The molecule has 31 heavy (non-hydrogen) atoms. The molecule has 0 aliphatic heterocycles. The smallest absolute Gasteiger partial charge is 0.223 e. The lowest BCUT2D eigenvalue weighted by Crippen LogP contribution is -2.31. The summed E-state index contributed by atoms with van der Waals surface area (Å²) in [7, 11) is 0. The van der Waals surface area contributed by atoms with Crippen molar-refractivity contribution in [2.75, 3.05) is 13.2 Å². The van der Waals surface area contributed by atoms with E-state index < -0.39 is 0 Å². The number of amides is 1. The van der Waals surface area contributed by atoms with Crippen LogP contribution in [0.2, 0.25) is 0 Å². The van der Waals surface area contributed by atoms with Crippen molar-refractivity contribution in [1.29, 1.82) is 0 Å². The number of rotatable bonds is 9. The predicted molar refractivity (Wildman–Crippen MR) is 119 cm³/mol. The molecule has 0 fully saturated rings. The van der Waals surface area contributed by atoms with Crippen LogP contribution in [0.5, 0.6) is 11.5 Å². The number of nitrogens with zero attached hydrogens (tertiary/aromatic N) is 2. The van der Waals surface area contributed by atoms with Crippen LogP contribution in [0.25, 0.3) is 0 Å². The van der Waals surface area contributed by atoms with Gasteiger partial charge in [-0.15, -0.1) is 0 Å². The largest absolute Gasteiger partial charge is 0.494 e. The highest BCUT2D eigenvalue weighted by atomic mass is 16.5. The van der Waals surface area contributed by atoms with E-state index in [9.17, 15) is 4.79 Å². The molecular formula is C25H29N3O3. The van der Waals surface area contributed by atoms with Gasteiger partial charge in [0.15, 0.2) is 0 Å². The zero-order chi connectivity index (χ0) is 21.5. The van der Waals surface area contributed by atoms with Crippen LogP contribution in [-0.4, -0.2) is 28.9 Å². The summed E-state index contributed by atoms with van der Waals surface area (Å²) in [6, 6.07) is 17.8. The first kappa shape index (κ1) is 21.0. The van der Waals surface area contributed by atoms with Crippen molar-refractivity contribution >= 4 is 5.91 Å². The summed E-state index contributed by atoms with van der Waals surface area (Å²) in [5.74, 6) is 1.55. The average Bonchev–Trinajstić information content (AvgIpc) is 3.20. The second kappa shape index (κ2) is 10.2. The third kappa shape index (κ3) is 5.45. The van der Waals surface area contributed by atoms with E-state index in [0.29, 0.717) is 19.6 Å². The summed E-state index contributed by atoms with van der Waals surface area (Å²) in [5, 5.41) is 7.78. The van der Waals surface area contributed by atoms with Crippen molar-refractivity contribution in [3.8, 4) is 11.5 Å². The average molecular weight is 420 g/mol. The minimum Gasteiger partial charge on any atom is -0.494 e. The fraction of sp³-hybridized carbons (Fsp3) is 0.360. The van der Waals surface area contributed by atoms with Crippen molar-refractivity contribution in [3.63, 3.8) is 0 Å². The lowest BCUT2D eigenvalue weighted by atomic mass is 9.92. The van der Waals surface area contributed by atoms with E-state index in [1.165, 1.54) is 11.3 Å². The molecule has 1 aliphatic rings. The van der Waals surface area contributed by atoms with Gasteiger partial charge in [0.05, 0.1) is 38.4 Å². The lowest BCUT2D eigenvalue weighted by molar-refractivity contribution is -0.122. The van der Waals surface area contributed by atoms with Crippen LogP contribution in [-0.2, 0) is 17.8 Å². The van der Waals surface area contributed by atoms with Gasteiger partial charge in [-0.25, -0.2) is 0 Å². The van der Waals surface area contributed by atoms with E-state index in [-0.39, 0.29) is 11.9 Å². The zero-order valence-electron chi connectivity index (χ0n) is 17.9. The van der Waals surface area contributed by atoms with Gasteiger partial charge in [0.2, 0.25) is 5.91 Å². The number of aromatic nitrogens is 2. The number of ether oxygens (including phenoxy) is 2. The number of hydrogen-bond acceptors (Lipinski definition) is 4. The summed E-state index contributed by atoms with van der Waals surface area (Å²) >= 11 is 0. The van der Waals surface area contributed by atoms with Crippen molar-refractivity contribution < 1.29 is 14.3 Å². The molecule has 6 nitrogen and oxygen atoms in total. The molecule has 6 heteroatoms. The Hall–Kier alpha value is -3.28. The molecule has 162 valence electrons. The Balaban J connectivity index is 1.29. The molecule has 0 saturated heterocycles. The molecule has 1 atom stereocenters. The molecule has 1 aliphatic carbocycles. The topological polar surface area (TPSA) is 65.4 Å². The predicted octanol–water partition coefficient (Wildman–Crippen LogP) is 4.29. The van der Waals surface area contributed by atoms with E-state index in [1.807, 2.05) is 55.6 Å². The first-order valence-electron chi connectivity index (χ1n) is 11.0. The molecule has 1 aromatic heterocycles. The molecule has 0 unspecified atom stereocenters. The van der Waals surface area contributed by atoms with Crippen LogP contribution < -0.4 is 14.8 Å². The van der Waals surface area contributed by atoms with E-state index >= 15 is 0 Å². The van der Waals surface area contributed by atoms with E-state index in [1.54, 1.807) is 0 Å². The van der Waals surface area contributed by atoms with E-state index in [0.717, 1.165) is 42.9 Å². The molecule has 1 amide bonds. The van der Waals surface area contributed by atoms with Gasteiger partial charge in [0, 0.05) is 11.3 Å². The van der Waals surface area contributed by atoms with Crippen LogP contribution in [0.3, 0.4) is 0 Å². The van der Waals surface area contributed by atoms with Gasteiger partial charge in [0.25, 0.3) is 0 Å². The molecule has 3 aromatic rings. The minimum atomic E-state index is -0.000374. The minimum absolute atomic E-state index is 0.000374. The second-order valence-corrected chi connectivity index (χ2v) is 7.71. The second-order valence-electron chi connectivity index (χ2n) is 7.71. The fourth-order valence-corrected chi connectivity index (χ4v) is 3.99. The molecule has 0 spiro atoms. The van der Waals surface area contributed by atoms with Crippen LogP contribution in [0, 0.1) is 0 Å². The van der Waals surface area contributed by atoms with Crippen molar-refractivity contribution in [2.45, 2.75) is 45.2 Å². The first-order valence-corrected chi connectivity index (χ1v) is 11.0. The fourth-order valence-electron chi connectivity index (χ4n) is 3.99. The Labute approximate surface area is 183 Å². The molecule has 2 aromatic carbocycles. The molecule has 0 bridgehead atoms. The van der Waals surface area contributed by atoms with Gasteiger partial charge in [-0.3, -0.25) is 9.48 Å². The number of fused-ring (bicyclic) bond motifs is 1. The van der Waals surface area contributed by atoms with Gasteiger partial charge < -0.3 is 14.8 Å². The van der Waals surface area contributed by atoms with Crippen LogP contribution >= 0.6 is 0 Å². The quantitative estimate of drug-likeness (QED) is 0.562. The van der Waals surface area contributed by atoms with Gasteiger partial charge in [-0.2, -0.15) is 5.10 Å². The summed E-state index contributed by atoms with van der Waals surface area (Å²) in [6.45, 7) is 3.68. The van der Waals surface area contributed by atoms with Gasteiger partial charge in [-0.1, -0.05) is 30.3 Å². The van der Waals surface area contributed by atoms with E-state index in [4.69, 9.17) is 9.47 Å².